The van der Waals surface area contributed by atoms with Crippen molar-refractivity contribution in [3.63, 3.8) is 0 Å². The van der Waals surface area contributed by atoms with Crippen LogP contribution in [-0.2, 0) is 0 Å². The van der Waals surface area contributed by atoms with Crippen molar-refractivity contribution in [1.82, 2.24) is 15.5 Å². The van der Waals surface area contributed by atoms with Crippen molar-refractivity contribution in [2.45, 2.75) is 32.5 Å². The number of halogens is 3. The molecule has 1 aliphatic rings. The number of aliphatic imine (C=N–C) groups is 1. The molecule has 0 spiro atoms. The molecule has 0 amide bonds. The van der Waals surface area contributed by atoms with Gasteiger partial charge in [-0.2, -0.15) is 13.2 Å². The third-order valence-electron chi connectivity index (χ3n) is 2.68. The minimum absolute atomic E-state index is 0.0386. The van der Waals surface area contributed by atoms with E-state index in [4.69, 9.17) is 0 Å². The van der Waals surface area contributed by atoms with Crippen molar-refractivity contribution in [3.05, 3.63) is 0 Å². The van der Waals surface area contributed by atoms with Crippen molar-refractivity contribution in [1.29, 1.82) is 0 Å². The Morgan fingerprint density at radius 1 is 1.39 bits per heavy atom. The van der Waals surface area contributed by atoms with Gasteiger partial charge in [0.05, 0.1) is 6.54 Å². The van der Waals surface area contributed by atoms with E-state index in [1.54, 1.807) is 0 Å². The van der Waals surface area contributed by atoms with Crippen LogP contribution in [0.5, 0.6) is 0 Å². The predicted octanol–water partition coefficient (Wildman–Crippen LogP) is 1.20. The summed E-state index contributed by atoms with van der Waals surface area (Å²) in [6, 6.07) is 0.0386. The molecule has 0 aromatic heterocycles. The molecule has 4 nitrogen and oxygen atoms in total. The monoisotopic (exact) mass is 266 g/mol. The second-order valence-corrected chi connectivity index (χ2v) is 4.33. The molecule has 0 aliphatic carbocycles. The summed E-state index contributed by atoms with van der Waals surface area (Å²) in [4.78, 5) is 5.65. The number of likely N-dealkylation sites (tertiary alicyclic amines) is 1. The van der Waals surface area contributed by atoms with Crippen molar-refractivity contribution < 1.29 is 13.2 Å². The molecule has 0 aromatic rings. The Kier molecular flexibility index (Phi) is 5.71. The molecule has 1 heterocycles. The average molecular weight is 266 g/mol. The number of nitrogens with zero attached hydrogens (tertiary/aromatic N) is 2. The Balaban J connectivity index is 2.39. The Hall–Kier alpha value is -0.980. The molecule has 1 aliphatic heterocycles. The second kappa shape index (κ2) is 6.82. The lowest BCUT2D eigenvalue weighted by Crippen LogP contribution is -2.45. The van der Waals surface area contributed by atoms with Crippen LogP contribution in [0.2, 0.25) is 0 Å². The first-order valence-corrected chi connectivity index (χ1v) is 6.28. The van der Waals surface area contributed by atoms with Crippen molar-refractivity contribution in [3.8, 4) is 0 Å². The molecule has 2 N–H and O–H groups in total. The Labute approximate surface area is 106 Å². The lowest BCUT2D eigenvalue weighted by atomic mass is 10.3. The number of alkyl halides is 3. The molecule has 0 bridgehead atoms. The first-order chi connectivity index (χ1) is 8.44. The molecule has 106 valence electrons. The van der Waals surface area contributed by atoms with E-state index in [0.717, 1.165) is 6.54 Å². The molecule has 1 atom stereocenters. The van der Waals surface area contributed by atoms with E-state index in [-0.39, 0.29) is 6.04 Å². The van der Waals surface area contributed by atoms with Crippen molar-refractivity contribution >= 4 is 5.96 Å². The topological polar surface area (TPSA) is 39.7 Å². The summed E-state index contributed by atoms with van der Waals surface area (Å²) in [5.41, 5.74) is 0. The van der Waals surface area contributed by atoms with Crippen LogP contribution < -0.4 is 10.6 Å². The van der Waals surface area contributed by atoms with Crippen molar-refractivity contribution in [2.75, 3.05) is 32.7 Å². The summed E-state index contributed by atoms with van der Waals surface area (Å²) in [5, 5.41) is 6.24. The van der Waals surface area contributed by atoms with E-state index >= 15 is 0 Å². The van der Waals surface area contributed by atoms with Gasteiger partial charge in [-0.25, -0.2) is 0 Å². The summed E-state index contributed by atoms with van der Waals surface area (Å²) in [7, 11) is 0. The molecule has 18 heavy (non-hydrogen) atoms. The number of guanidine groups is 1. The predicted molar refractivity (Wildman–Crippen MR) is 65.7 cm³/mol. The lowest BCUT2D eigenvalue weighted by molar-refractivity contribution is -0.143. The summed E-state index contributed by atoms with van der Waals surface area (Å²) in [5.74, 6) is 0.679. The normalized spacial score (nSPS) is 22.3. The smallest absolute Gasteiger partial charge is 0.357 e. The van der Waals surface area contributed by atoms with Gasteiger partial charge in [-0.05, 0) is 20.3 Å². The highest BCUT2D eigenvalue weighted by Gasteiger charge is 2.34. The van der Waals surface area contributed by atoms with Gasteiger partial charge in [0.1, 0.15) is 0 Å². The van der Waals surface area contributed by atoms with Gasteiger partial charge in [-0.3, -0.25) is 9.89 Å². The fourth-order valence-electron chi connectivity index (χ4n) is 2.02. The first-order valence-electron chi connectivity index (χ1n) is 6.28. The third kappa shape index (κ3) is 5.57. The highest BCUT2D eigenvalue weighted by atomic mass is 19.4. The molecule has 1 fully saturated rings. The molecular weight excluding hydrogens is 245 g/mol. The number of rotatable bonds is 4. The zero-order chi connectivity index (χ0) is 13.6. The van der Waals surface area contributed by atoms with E-state index in [0.29, 0.717) is 32.0 Å². The van der Waals surface area contributed by atoms with Crippen LogP contribution >= 0.6 is 0 Å². The average Bonchev–Trinajstić information content (AvgIpc) is 2.63. The standard InChI is InChI=1S/C11H21F3N4/c1-3-15-10(16-4-2)17-9-5-6-18(7-9)8-11(12,13)14/h9H,3-8H2,1-2H3,(H2,15,16,17). The van der Waals surface area contributed by atoms with Crippen LogP contribution in [0.4, 0.5) is 13.2 Å². The molecule has 0 saturated carbocycles. The zero-order valence-corrected chi connectivity index (χ0v) is 10.8. The summed E-state index contributed by atoms with van der Waals surface area (Å²) < 4.78 is 36.7. The maximum atomic E-state index is 12.2. The SMILES string of the molecule is CCN=C(NCC)NC1CCN(CC(F)(F)F)C1. The molecular formula is C11H21F3N4. The van der Waals surface area contributed by atoms with Crippen LogP contribution in [-0.4, -0.2) is 55.8 Å². The molecule has 7 heteroatoms. The highest BCUT2D eigenvalue weighted by Crippen LogP contribution is 2.19. The minimum atomic E-state index is -4.11. The third-order valence-corrected chi connectivity index (χ3v) is 2.68. The van der Waals surface area contributed by atoms with Crippen LogP contribution in [0.1, 0.15) is 20.3 Å². The van der Waals surface area contributed by atoms with Gasteiger partial charge in [0.15, 0.2) is 5.96 Å². The van der Waals surface area contributed by atoms with Gasteiger partial charge < -0.3 is 10.6 Å². The second-order valence-electron chi connectivity index (χ2n) is 4.33. The maximum absolute atomic E-state index is 12.2. The quantitative estimate of drug-likeness (QED) is 0.593. The number of hydrogen-bond donors (Lipinski definition) is 2. The van der Waals surface area contributed by atoms with Gasteiger partial charge >= 0.3 is 6.18 Å². The van der Waals surface area contributed by atoms with E-state index in [2.05, 4.69) is 15.6 Å². The van der Waals surface area contributed by atoms with Gasteiger partial charge in [-0.15, -0.1) is 0 Å². The molecule has 1 rings (SSSR count). The van der Waals surface area contributed by atoms with Gasteiger partial charge in [-0.1, -0.05) is 0 Å². The van der Waals surface area contributed by atoms with E-state index in [1.165, 1.54) is 4.90 Å². The molecule has 0 radical (unpaired) electrons. The number of hydrogen-bond acceptors (Lipinski definition) is 2. The van der Waals surface area contributed by atoms with E-state index in [1.807, 2.05) is 13.8 Å². The van der Waals surface area contributed by atoms with Crippen molar-refractivity contribution in [2.24, 2.45) is 4.99 Å². The highest BCUT2D eigenvalue weighted by molar-refractivity contribution is 5.80. The van der Waals surface area contributed by atoms with E-state index in [9.17, 15) is 13.2 Å². The fourth-order valence-corrected chi connectivity index (χ4v) is 2.02. The van der Waals surface area contributed by atoms with Gasteiger partial charge in [0, 0.05) is 32.2 Å². The Bertz CT molecular complexity index is 278. The maximum Gasteiger partial charge on any atom is 0.401 e. The first kappa shape index (κ1) is 15.1. The molecule has 1 unspecified atom stereocenters. The molecule has 1 saturated heterocycles. The van der Waals surface area contributed by atoms with Gasteiger partial charge in [0.2, 0.25) is 0 Å². The van der Waals surface area contributed by atoms with Gasteiger partial charge in [0.25, 0.3) is 0 Å². The summed E-state index contributed by atoms with van der Waals surface area (Å²) >= 11 is 0. The number of nitrogens with one attached hydrogen (secondary N) is 2. The summed E-state index contributed by atoms with van der Waals surface area (Å²) in [6.07, 6.45) is -3.40. The lowest BCUT2D eigenvalue weighted by Gasteiger charge is -2.19. The largest absolute Gasteiger partial charge is 0.401 e. The Morgan fingerprint density at radius 3 is 2.67 bits per heavy atom. The molecule has 0 aromatic carbocycles. The summed E-state index contributed by atoms with van der Waals surface area (Å²) in [6.45, 7) is 5.32. The fraction of sp³-hybridized carbons (Fsp3) is 0.909. The zero-order valence-electron chi connectivity index (χ0n) is 10.8. The van der Waals surface area contributed by atoms with Crippen LogP contribution in [0.3, 0.4) is 0 Å². The van der Waals surface area contributed by atoms with E-state index < -0.39 is 12.7 Å². The van der Waals surface area contributed by atoms with Crippen LogP contribution in [0, 0.1) is 0 Å². The van der Waals surface area contributed by atoms with Crippen LogP contribution in [0.25, 0.3) is 0 Å². The minimum Gasteiger partial charge on any atom is -0.357 e. The van der Waals surface area contributed by atoms with Crippen LogP contribution in [0.15, 0.2) is 4.99 Å². The Morgan fingerprint density at radius 2 is 2.11 bits per heavy atom.